The molecule has 2 aliphatic heterocycles. The van der Waals surface area contributed by atoms with Crippen molar-refractivity contribution in [3.63, 3.8) is 0 Å². The number of unbranched alkanes of at least 4 members (excludes halogenated alkanes) is 1. The molecule has 21 heteroatoms. The zero-order chi connectivity index (χ0) is 54.8. The number of benzene rings is 3. The lowest BCUT2D eigenvalue weighted by atomic mass is 9.89. The molecule has 4 N–H and O–H groups in total. The molecule has 1 saturated carbocycles. The van der Waals surface area contributed by atoms with Gasteiger partial charge in [-0.3, -0.25) is 43.9 Å². The van der Waals surface area contributed by atoms with Crippen molar-refractivity contribution in [1.29, 1.82) is 5.26 Å². The molecular formula is C57H63N9O12. The van der Waals surface area contributed by atoms with E-state index in [9.17, 15) is 33.6 Å². The normalized spacial score (nSPS) is 16.9. The maximum absolute atomic E-state index is 14.1. The number of ether oxygens (including phenoxy) is 5. The van der Waals surface area contributed by atoms with E-state index in [0.717, 1.165) is 71.6 Å². The average molecular weight is 1070 g/mol. The lowest BCUT2D eigenvalue weighted by Crippen LogP contribution is -2.54. The van der Waals surface area contributed by atoms with Gasteiger partial charge in [0.05, 0.1) is 43.1 Å². The zero-order valence-electron chi connectivity index (χ0n) is 43.4. The van der Waals surface area contributed by atoms with E-state index in [2.05, 4.69) is 32.3 Å². The molecule has 5 aromatic rings. The van der Waals surface area contributed by atoms with E-state index in [4.69, 9.17) is 28.9 Å². The quantitative estimate of drug-likeness (QED) is 0.0407. The summed E-state index contributed by atoms with van der Waals surface area (Å²) in [6.45, 7) is 2.96. The van der Waals surface area contributed by atoms with Crippen molar-refractivity contribution in [2.75, 3.05) is 69.6 Å². The lowest BCUT2D eigenvalue weighted by molar-refractivity contribution is -0.136. The molecular weight excluding hydrogens is 1000 g/mol. The number of carbonyl (C=O) groups excluding carboxylic acids is 6. The summed E-state index contributed by atoms with van der Waals surface area (Å²) >= 11 is 0. The second kappa shape index (κ2) is 27.6. The summed E-state index contributed by atoms with van der Waals surface area (Å²) in [5, 5.41) is 20.6. The Bertz CT molecular complexity index is 3010. The molecule has 21 nitrogen and oxygen atoms in total. The van der Waals surface area contributed by atoms with Crippen LogP contribution in [0.3, 0.4) is 0 Å². The topological polar surface area (TPSA) is 262 Å². The third kappa shape index (κ3) is 14.9. The van der Waals surface area contributed by atoms with E-state index in [0.29, 0.717) is 57.5 Å². The minimum absolute atomic E-state index is 0.00258. The van der Waals surface area contributed by atoms with Gasteiger partial charge >= 0.3 is 6.03 Å². The van der Waals surface area contributed by atoms with Gasteiger partial charge in [-0.05, 0) is 116 Å². The van der Waals surface area contributed by atoms with Crippen LogP contribution in [0.15, 0.2) is 108 Å². The van der Waals surface area contributed by atoms with Gasteiger partial charge < -0.3 is 44.2 Å². The van der Waals surface area contributed by atoms with E-state index >= 15 is 0 Å². The molecule has 8 rings (SSSR count). The Morgan fingerprint density at radius 2 is 1.47 bits per heavy atom. The molecule has 1 aliphatic carbocycles. The van der Waals surface area contributed by atoms with Gasteiger partial charge in [0.15, 0.2) is 6.61 Å². The number of amides is 7. The van der Waals surface area contributed by atoms with Crippen LogP contribution in [0.2, 0.25) is 0 Å². The molecule has 3 aliphatic rings. The second-order valence-corrected chi connectivity index (χ2v) is 18.9. The van der Waals surface area contributed by atoms with Crippen LogP contribution in [0.1, 0.15) is 83.2 Å². The van der Waals surface area contributed by atoms with Crippen LogP contribution in [0.4, 0.5) is 16.3 Å². The van der Waals surface area contributed by atoms with Crippen LogP contribution in [0.5, 0.6) is 11.5 Å². The van der Waals surface area contributed by atoms with Crippen molar-refractivity contribution >= 4 is 47.1 Å². The highest BCUT2D eigenvalue weighted by Gasteiger charge is 2.46. The Labute approximate surface area is 451 Å². The van der Waals surface area contributed by atoms with Gasteiger partial charge in [-0.1, -0.05) is 30.3 Å². The fourth-order valence-electron chi connectivity index (χ4n) is 9.38. The number of nitrogens with zero attached hydrogens (tertiary/aromatic N) is 5. The standard InChI is InChI=1S/C57H63N9O12/c1-64-36-41(12-24-52(64)69)40-10-15-43(16-11-40)65(44-17-13-42(14-18-44)62-49-22-9-39(33-58)35-60-49)57(73)61-34-38-7-19-45(20-8-38)77-32-31-75-27-3-2-26-74-29-30-76-28-25-59-51(68)37-78-48-6-4-5-46-53(48)56(72)66(55(46)71)47-21-23-50(67)63-54(47)70/h4-12,15-16,19-20,22,24,35-36,42,44,47H,2-3,13-14,17-18,21,23,25-32,34,37H2,1H3,(H,59,68)(H,60,62)(H,61,73)(H,63,67,70). The number of anilines is 2. The highest BCUT2D eigenvalue weighted by atomic mass is 16.5. The maximum Gasteiger partial charge on any atom is 0.322 e. The molecule has 7 amide bonds. The van der Waals surface area contributed by atoms with Gasteiger partial charge in [0, 0.05) is 76.0 Å². The van der Waals surface area contributed by atoms with E-state index < -0.39 is 42.2 Å². The van der Waals surface area contributed by atoms with Crippen LogP contribution >= 0.6 is 0 Å². The number of carbonyl (C=O) groups is 6. The third-order valence-corrected chi connectivity index (χ3v) is 13.5. The fraction of sp³-hybridized carbons (Fsp3) is 0.386. The number of rotatable bonds is 26. The number of pyridine rings is 2. The smallest absolute Gasteiger partial charge is 0.322 e. The fourth-order valence-corrected chi connectivity index (χ4v) is 9.38. The lowest BCUT2D eigenvalue weighted by Gasteiger charge is -2.37. The predicted octanol–water partition coefficient (Wildman–Crippen LogP) is 5.26. The number of imide groups is 2. The van der Waals surface area contributed by atoms with E-state index in [1.54, 1.807) is 42.2 Å². The maximum atomic E-state index is 14.1. The first-order valence-electron chi connectivity index (χ1n) is 26.1. The predicted molar refractivity (Wildman–Crippen MR) is 286 cm³/mol. The molecule has 1 unspecified atom stereocenters. The van der Waals surface area contributed by atoms with Crippen LogP contribution in [-0.4, -0.2) is 128 Å². The van der Waals surface area contributed by atoms with Crippen LogP contribution < -0.4 is 41.2 Å². The minimum atomic E-state index is -1.11. The number of fused-ring (bicyclic) bond motifs is 1. The van der Waals surface area contributed by atoms with Gasteiger partial charge in [0.1, 0.15) is 36.0 Å². The van der Waals surface area contributed by atoms with Crippen LogP contribution in [0.25, 0.3) is 11.1 Å². The van der Waals surface area contributed by atoms with Crippen LogP contribution in [-0.2, 0) is 42.2 Å². The Morgan fingerprint density at radius 1 is 0.756 bits per heavy atom. The monoisotopic (exact) mass is 1070 g/mol. The first kappa shape index (κ1) is 55.8. The van der Waals surface area contributed by atoms with Crippen molar-refractivity contribution in [2.24, 2.45) is 7.05 Å². The number of aromatic nitrogens is 2. The number of piperidine rings is 1. The Morgan fingerprint density at radius 3 is 2.17 bits per heavy atom. The highest BCUT2D eigenvalue weighted by Crippen LogP contribution is 2.34. The number of hydrogen-bond acceptors (Lipinski definition) is 15. The third-order valence-electron chi connectivity index (χ3n) is 13.5. The van der Waals surface area contributed by atoms with Crippen molar-refractivity contribution in [2.45, 2.75) is 76.0 Å². The number of hydrogen-bond donors (Lipinski definition) is 4. The highest BCUT2D eigenvalue weighted by molar-refractivity contribution is 6.24. The van der Waals surface area contributed by atoms with Gasteiger partial charge in [0.25, 0.3) is 17.7 Å². The van der Waals surface area contributed by atoms with Crippen molar-refractivity contribution in [3.8, 4) is 28.7 Å². The van der Waals surface area contributed by atoms with Gasteiger partial charge in [0.2, 0.25) is 17.4 Å². The van der Waals surface area contributed by atoms with E-state index in [-0.39, 0.29) is 66.5 Å². The molecule has 2 fully saturated rings. The Hall–Kier alpha value is -8.45. The molecule has 1 atom stereocenters. The average Bonchev–Trinajstić information content (AvgIpc) is 3.89. The number of urea groups is 1. The van der Waals surface area contributed by atoms with Crippen molar-refractivity contribution in [1.82, 2.24) is 30.4 Å². The summed E-state index contributed by atoms with van der Waals surface area (Å²) < 4.78 is 30.0. The number of nitrogens with one attached hydrogen (secondary N) is 4. The molecule has 0 radical (unpaired) electrons. The van der Waals surface area contributed by atoms with Gasteiger partial charge in [-0.25, -0.2) is 9.78 Å². The largest absolute Gasteiger partial charge is 0.491 e. The van der Waals surface area contributed by atoms with Crippen molar-refractivity contribution in [3.05, 3.63) is 136 Å². The summed E-state index contributed by atoms with van der Waals surface area (Å²) in [5.74, 6) is -1.58. The van der Waals surface area contributed by atoms with Crippen molar-refractivity contribution < 1.29 is 52.5 Å². The first-order valence-corrected chi connectivity index (χ1v) is 26.1. The summed E-state index contributed by atoms with van der Waals surface area (Å²) in [4.78, 5) is 95.8. The molecule has 78 heavy (non-hydrogen) atoms. The number of nitriles is 1. The van der Waals surface area contributed by atoms with Gasteiger partial charge in [-0.2, -0.15) is 5.26 Å². The molecule has 4 heterocycles. The van der Waals surface area contributed by atoms with Crippen LogP contribution in [0, 0.1) is 11.3 Å². The summed E-state index contributed by atoms with van der Waals surface area (Å²) in [6.07, 6.45) is 8.20. The molecule has 0 spiro atoms. The molecule has 1 saturated heterocycles. The first-order chi connectivity index (χ1) is 37.9. The second-order valence-electron chi connectivity index (χ2n) is 18.9. The molecule has 0 bridgehead atoms. The molecule has 2 aromatic heterocycles. The SMILES string of the molecule is Cn1cc(-c2ccc(N(C(=O)NCc3ccc(OCCOCCCCOCCOCCNC(=O)COc4cccc5c4C(=O)N(C4CCC(=O)NC4=O)C5=O)cc3)C3CCC(Nc4ccc(C#N)cn4)CC3)cc2)ccc1=O. The Balaban J connectivity index is 0.667. The number of aryl methyl sites for hydroxylation is 1. The minimum Gasteiger partial charge on any atom is -0.491 e. The van der Waals surface area contributed by atoms with E-state index in [1.165, 1.54) is 18.2 Å². The summed E-state index contributed by atoms with van der Waals surface area (Å²) in [7, 11) is 1.72. The van der Waals surface area contributed by atoms with Gasteiger partial charge in [-0.15, -0.1) is 0 Å². The molecule has 408 valence electrons. The summed E-state index contributed by atoms with van der Waals surface area (Å²) in [5.41, 5.74) is 3.97. The zero-order valence-corrected chi connectivity index (χ0v) is 43.4. The Kier molecular flexibility index (Phi) is 19.7. The molecule has 3 aromatic carbocycles. The summed E-state index contributed by atoms with van der Waals surface area (Å²) in [6, 6.07) is 27.7. The van der Waals surface area contributed by atoms with E-state index in [1.807, 2.05) is 59.5 Å².